The Labute approximate surface area is 129 Å². The molecule has 2 rings (SSSR count). The van der Waals surface area contributed by atoms with Crippen LogP contribution in [0.3, 0.4) is 0 Å². The Morgan fingerprint density at radius 3 is 2.71 bits per heavy atom. The highest BCUT2D eigenvalue weighted by Crippen LogP contribution is 2.13. The van der Waals surface area contributed by atoms with E-state index in [4.69, 9.17) is 11.6 Å². The van der Waals surface area contributed by atoms with Gasteiger partial charge in [-0.25, -0.2) is 9.78 Å². The maximum atomic E-state index is 11.9. The van der Waals surface area contributed by atoms with Crippen molar-refractivity contribution in [2.75, 3.05) is 19.6 Å². The van der Waals surface area contributed by atoms with Gasteiger partial charge in [0, 0.05) is 6.54 Å². The molecule has 0 aliphatic carbocycles. The van der Waals surface area contributed by atoms with Crippen LogP contribution < -0.4 is 5.69 Å². The van der Waals surface area contributed by atoms with E-state index in [0.717, 1.165) is 44.4 Å². The number of aromatic nitrogens is 3. The Balaban J connectivity index is 1.90. The standard InChI is InChI=1S/C15H23ClN4O/c1-3-19(4-2)10-6-5-7-11-20-14-12(17-15(20)21)8-9-13(16)18-14/h8-9H,3-7,10-11H2,1-2H3,(H,17,21). The first-order valence-corrected chi connectivity index (χ1v) is 8.01. The van der Waals surface area contributed by atoms with Gasteiger partial charge in [0.1, 0.15) is 5.15 Å². The van der Waals surface area contributed by atoms with Crippen LogP contribution in [-0.2, 0) is 6.54 Å². The van der Waals surface area contributed by atoms with Gasteiger partial charge in [0.05, 0.1) is 5.52 Å². The average Bonchev–Trinajstić information content (AvgIpc) is 2.78. The molecule has 0 saturated carbocycles. The predicted octanol–water partition coefficient (Wildman–Crippen LogP) is 2.89. The minimum absolute atomic E-state index is 0.108. The van der Waals surface area contributed by atoms with Gasteiger partial charge < -0.3 is 9.88 Å². The molecule has 0 fully saturated rings. The molecule has 0 atom stereocenters. The lowest BCUT2D eigenvalue weighted by atomic mass is 10.2. The van der Waals surface area contributed by atoms with E-state index in [0.29, 0.717) is 17.3 Å². The number of nitrogens with one attached hydrogen (secondary N) is 1. The Hall–Kier alpha value is -1.33. The molecule has 2 aromatic rings. The highest BCUT2D eigenvalue weighted by atomic mass is 35.5. The Morgan fingerprint density at radius 1 is 1.24 bits per heavy atom. The highest BCUT2D eigenvalue weighted by Gasteiger charge is 2.08. The molecule has 0 bridgehead atoms. The second kappa shape index (κ2) is 7.61. The summed E-state index contributed by atoms with van der Waals surface area (Å²) in [5, 5.41) is 0.414. The van der Waals surface area contributed by atoms with Gasteiger partial charge in [0.25, 0.3) is 0 Å². The summed E-state index contributed by atoms with van der Waals surface area (Å²) in [7, 11) is 0. The van der Waals surface area contributed by atoms with Crippen molar-refractivity contribution in [3.63, 3.8) is 0 Å². The smallest absolute Gasteiger partial charge is 0.304 e. The van der Waals surface area contributed by atoms with Crippen LogP contribution in [0.1, 0.15) is 33.1 Å². The maximum Gasteiger partial charge on any atom is 0.327 e. The maximum absolute atomic E-state index is 11.9. The third-order valence-electron chi connectivity index (χ3n) is 3.83. The molecule has 0 aliphatic rings. The van der Waals surface area contributed by atoms with E-state index in [1.54, 1.807) is 16.7 Å². The largest absolute Gasteiger partial charge is 0.327 e. The number of unbranched alkanes of at least 4 members (excludes halogenated alkanes) is 2. The molecule has 0 spiro atoms. The van der Waals surface area contributed by atoms with Crippen LogP contribution in [0.15, 0.2) is 16.9 Å². The van der Waals surface area contributed by atoms with E-state index in [9.17, 15) is 4.79 Å². The van der Waals surface area contributed by atoms with Crippen LogP contribution in [0.2, 0.25) is 5.15 Å². The van der Waals surface area contributed by atoms with E-state index in [1.807, 2.05) is 0 Å². The zero-order valence-corrected chi connectivity index (χ0v) is 13.5. The number of imidazole rings is 1. The zero-order valence-electron chi connectivity index (χ0n) is 12.7. The number of H-pyrrole nitrogens is 1. The summed E-state index contributed by atoms with van der Waals surface area (Å²) in [5.41, 5.74) is 1.28. The van der Waals surface area contributed by atoms with Crippen LogP contribution in [0.25, 0.3) is 11.2 Å². The lowest BCUT2D eigenvalue weighted by Crippen LogP contribution is -2.24. The SMILES string of the molecule is CCN(CC)CCCCCn1c(=O)[nH]c2ccc(Cl)nc21. The van der Waals surface area contributed by atoms with Crippen molar-refractivity contribution in [2.24, 2.45) is 0 Å². The van der Waals surface area contributed by atoms with Crippen LogP contribution in [0.4, 0.5) is 0 Å². The Bertz CT molecular complexity index is 630. The molecule has 0 aromatic carbocycles. The van der Waals surface area contributed by atoms with E-state index < -0.39 is 0 Å². The second-order valence-corrected chi connectivity index (χ2v) is 5.56. The summed E-state index contributed by atoms with van der Waals surface area (Å²) in [6, 6.07) is 3.48. The molecule has 0 unspecified atom stereocenters. The summed E-state index contributed by atoms with van der Waals surface area (Å²) in [4.78, 5) is 21.4. The summed E-state index contributed by atoms with van der Waals surface area (Å²) < 4.78 is 1.68. The molecule has 0 amide bonds. The van der Waals surface area contributed by atoms with Gasteiger partial charge in [-0.3, -0.25) is 4.57 Å². The number of hydrogen-bond donors (Lipinski definition) is 1. The number of aryl methyl sites for hydroxylation is 1. The number of rotatable bonds is 8. The summed E-state index contributed by atoms with van der Waals surface area (Å²) >= 11 is 5.90. The molecule has 1 N–H and O–H groups in total. The third-order valence-corrected chi connectivity index (χ3v) is 4.04. The predicted molar refractivity (Wildman–Crippen MR) is 87.0 cm³/mol. The fraction of sp³-hybridized carbons (Fsp3) is 0.600. The summed E-state index contributed by atoms with van der Waals surface area (Å²) in [5.74, 6) is 0. The quantitative estimate of drug-likeness (QED) is 0.602. The Morgan fingerprint density at radius 2 is 2.00 bits per heavy atom. The van der Waals surface area contributed by atoms with E-state index in [1.165, 1.54) is 0 Å². The normalized spacial score (nSPS) is 11.6. The molecule has 0 saturated heterocycles. The fourth-order valence-electron chi connectivity index (χ4n) is 2.54. The van der Waals surface area contributed by atoms with Gasteiger partial charge in [0.15, 0.2) is 5.65 Å². The third kappa shape index (κ3) is 4.08. The second-order valence-electron chi connectivity index (χ2n) is 5.17. The number of nitrogens with zero attached hydrogens (tertiary/aromatic N) is 3. The minimum atomic E-state index is -0.108. The summed E-state index contributed by atoms with van der Waals surface area (Å²) in [6.07, 6.45) is 3.24. The minimum Gasteiger partial charge on any atom is -0.304 e. The van der Waals surface area contributed by atoms with Crippen LogP contribution >= 0.6 is 11.6 Å². The van der Waals surface area contributed by atoms with Gasteiger partial charge in [0.2, 0.25) is 0 Å². The van der Waals surface area contributed by atoms with Gasteiger partial charge >= 0.3 is 5.69 Å². The van der Waals surface area contributed by atoms with Gasteiger partial charge in [-0.1, -0.05) is 31.9 Å². The lowest BCUT2D eigenvalue weighted by Gasteiger charge is -2.17. The van der Waals surface area contributed by atoms with Crippen LogP contribution in [0.5, 0.6) is 0 Å². The van der Waals surface area contributed by atoms with Crippen molar-refractivity contribution in [3.05, 3.63) is 27.8 Å². The first-order chi connectivity index (χ1) is 10.2. The van der Waals surface area contributed by atoms with Crippen molar-refractivity contribution < 1.29 is 0 Å². The monoisotopic (exact) mass is 310 g/mol. The molecule has 6 heteroatoms. The molecular weight excluding hydrogens is 288 g/mol. The molecular formula is C15H23ClN4O. The number of hydrogen-bond acceptors (Lipinski definition) is 3. The van der Waals surface area contributed by atoms with Crippen molar-refractivity contribution in [1.82, 2.24) is 19.4 Å². The molecule has 0 radical (unpaired) electrons. The van der Waals surface area contributed by atoms with Gasteiger partial charge in [-0.05, 0) is 44.6 Å². The van der Waals surface area contributed by atoms with Gasteiger partial charge in [-0.15, -0.1) is 0 Å². The van der Waals surface area contributed by atoms with Crippen molar-refractivity contribution in [2.45, 2.75) is 39.7 Å². The molecule has 5 nitrogen and oxygen atoms in total. The van der Waals surface area contributed by atoms with Crippen molar-refractivity contribution >= 4 is 22.8 Å². The molecule has 2 heterocycles. The number of aromatic amines is 1. The fourth-order valence-corrected chi connectivity index (χ4v) is 2.68. The van der Waals surface area contributed by atoms with Crippen molar-refractivity contribution in [1.29, 1.82) is 0 Å². The first kappa shape index (κ1) is 16.0. The van der Waals surface area contributed by atoms with E-state index in [2.05, 4.69) is 28.7 Å². The average molecular weight is 311 g/mol. The van der Waals surface area contributed by atoms with E-state index in [-0.39, 0.29) is 5.69 Å². The number of halogens is 1. The highest BCUT2D eigenvalue weighted by molar-refractivity contribution is 6.29. The molecule has 21 heavy (non-hydrogen) atoms. The van der Waals surface area contributed by atoms with Crippen molar-refractivity contribution in [3.8, 4) is 0 Å². The van der Waals surface area contributed by atoms with Crippen LogP contribution in [0, 0.1) is 0 Å². The first-order valence-electron chi connectivity index (χ1n) is 7.63. The van der Waals surface area contributed by atoms with E-state index >= 15 is 0 Å². The zero-order chi connectivity index (χ0) is 15.2. The van der Waals surface area contributed by atoms with Gasteiger partial charge in [-0.2, -0.15) is 0 Å². The lowest BCUT2D eigenvalue weighted by molar-refractivity contribution is 0.295. The molecule has 0 aliphatic heterocycles. The summed E-state index contributed by atoms with van der Waals surface area (Å²) in [6.45, 7) is 8.38. The Kier molecular flexibility index (Phi) is 5.82. The number of pyridine rings is 1. The molecule has 116 valence electrons. The number of fused-ring (bicyclic) bond motifs is 1. The molecule has 2 aromatic heterocycles. The van der Waals surface area contributed by atoms with Crippen LogP contribution in [-0.4, -0.2) is 39.1 Å². The topological polar surface area (TPSA) is 53.9 Å².